The molecule has 0 radical (unpaired) electrons. The molecule has 8 heteroatoms. The third-order valence-corrected chi connectivity index (χ3v) is 4.67. The van der Waals surface area contributed by atoms with E-state index in [1.165, 1.54) is 11.3 Å². The Labute approximate surface area is 156 Å². The van der Waals surface area contributed by atoms with Gasteiger partial charge in [-0.3, -0.25) is 19.6 Å². The topological polar surface area (TPSA) is 93.2 Å². The molecule has 1 rings (SSSR count). The molecule has 0 spiro atoms. The van der Waals surface area contributed by atoms with Crippen molar-refractivity contribution in [3.8, 4) is 0 Å². The molecule has 1 saturated heterocycles. The van der Waals surface area contributed by atoms with Crippen LogP contribution in [0.15, 0.2) is 0 Å². The van der Waals surface area contributed by atoms with Crippen LogP contribution < -0.4 is 5.32 Å². The lowest BCUT2D eigenvalue weighted by Crippen LogP contribution is -2.56. The highest BCUT2D eigenvalue weighted by Crippen LogP contribution is 2.21. The maximum Gasteiger partial charge on any atom is 0.245 e. The van der Waals surface area contributed by atoms with Crippen molar-refractivity contribution in [1.82, 2.24) is 20.2 Å². The molecule has 0 aromatic heterocycles. The van der Waals surface area contributed by atoms with Crippen LogP contribution in [0.2, 0.25) is 0 Å². The van der Waals surface area contributed by atoms with Gasteiger partial charge in [-0.05, 0) is 31.3 Å². The summed E-state index contributed by atoms with van der Waals surface area (Å²) < 4.78 is 0. The van der Waals surface area contributed by atoms with E-state index >= 15 is 0 Å². The van der Waals surface area contributed by atoms with Crippen molar-refractivity contribution in [2.75, 3.05) is 40.3 Å². The molecule has 2 atom stereocenters. The highest BCUT2D eigenvalue weighted by atomic mass is 16.5. The molecule has 1 aliphatic rings. The van der Waals surface area contributed by atoms with E-state index in [4.69, 9.17) is 0 Å². The average molecular weight is 370 g/mol. The number of likely N-dealkylation sites (N-methyl/N-ethyl adjacent to an activating group) is 1. The first-order valence-corrected chi connectivity index (χ1v) is 9.21. The van der Waals surface area contributed by atoms with Gasteiger partial charge in [0.15, 0.2) is 0 Å². The molecule has 1 fully saturated rings. The molecule has 26 heavy (non-hydrogen) atoms. The van der Waals surface area contributed by atoms with E-state index in [1.807, 2.05) is 20.8 Å². The van der Waals surface area contributed by atoms with Crippen LogP contribution in [-0.2, 0) is 14.4 Å². The normalized spacial score (nSPS) is 17.9. The monoisotopic (exact) mass is 370 g/mol. The molecule has 3 amide bonds. The summed E-state index contributed by atoms with van der Waals surface area (Å²) in [5.74, 6) is -1.12. The molecule has 8 nitrogen and oxygen atoms in total. The first-order valence-electron chi connectivity index (χ1n) is 9.21. The smallest absolute Gasteiger partial charge is 0.245 e. The number of piperidine rings is 1. The summed E-state index contributed by atoms with van der Waals surface area (Å²) in [5, 5.41) is 12.9. The van der Waals surface area contributed by atoms with E-state index in [9.17, 15) is 19.6 Å². The molecule has 0 bridgehead atoms. The van der Waals surface area contributed by atoms with Crippen molar-refractivity contribution in [3.05, 3.63) is 0 Å². The van der Waals surface area contributed by atoms with Crippen molar-refractivity contribution in [2.24, 2.45) is 11.3 Å². The fraction of sp³-hybridized carbons (Fsp3) is 0.833. The second-order valence-corrected chi connectivity index (χ2v) is 8.33. The Kier molecular flexibility index (Phi) is 8.49. The van der Waals surface area contributed by atoms with Gasteiger partial charge >= 0.3 is 0 Å². The second kappa shape index (κ2) is 9.87. The maximum atomic E-state index is 12.9. The minimum Gasteiger partial charge on any atom is -0.347 e. The number of hydrogen-bond donors (Lipinski definition) is 2. The van der Waals surface area contributed by atoms with Crippen molar-refractivity contribution in [3.63, 3.8) is 0 Å². The molecule has 0 aliphatic carbocycles. The predicted octanol–water partition coefficient (Wildman–Crippen LogP) is 0.555. The molecule has 1 aliphatic heterocycles. The maximum absolute atomic E-state index is 12.9. The van der Waals surface area contributed by atoms with E-state index in [0.29, 0.717) is 18.0 Å². The zero-order valence-corrected chi connectivity index (χ0v) is 16.7. The van der Waals surface area contributed by atoms with Crippen LogP contribution in [0.3, 0.4) is 0 Å². The number of rotatable bonds is 8. The zero-order valence-electron chi connectivity index (χ0n) is 16.7. The van der Waals surface area contributed by atoms with Gasteiger partial charge in [-0.1, -0.05) is 27.2 Å². The first-order chi connectivity index (χ1) is 12.1. The van der Waals surface area contributed by atoms with Gasteiger partial charge in [-0.2, -0.15) is 0 Å². The minimum absolute atomic E-state index is 0.0984. The third kappa shape index (κ3) is 6.92. The predicted molar refractivity (Wildman–Crippen MR) is 98.4 cm³/mol. The number of carbonyl (C=O) groups excluding carboxylic acids is 3. The highest BCUT2D eigenvalue weighted by molar-refractivity contribution is 5.89. The molecule has 150 valence electrons. The van der Waals surface area contributed by atoms with Crippen LogP contribution in [-0.4, -0.2) is 84.6 Å². The summed E-state index contributed by atoms with van der Waals surface area (Å²) in [6.45, 7) is 7.82. The summed E-state index contributed by atoms with van der Waals surface area (Å²) in [5.41, 5.74) is -0.462. The van der Waals surface area contributed by atoms with Crippen LogP contribution in [0.4, 0.5) is 0 Å². The van der Waals surface area contributed by atoms with Crippen molar-refractivity contribution < 1.29 is 19.6 Å². The van der Waals surface area contributed by atoms with Crippen LogP contribution in [0.1, 0.15) is 40.0 Å². The molecule has 1 heterocycles. The fourth-order valence-electron chi connectivity index (χ4n) is 3.11. The average Bonchev–Trinajstić information content (AvgIpc) is 2.57. The van der Waals surface area contributed by atoms with Gasteiger partial charge in [0.2, 0.25) is 18.2 Å². The van der Waals surface area contributed by atoms with E-state index in [-0.39, 0.29) is 18.4 Å². The fourth-order valence-corrected chi connectivity index (χ4v) is 3.11. The molecular weight excluding hydrogens is 336 g/mol. The quantitative estimate of drug-likeness (QED) is 0.370. The Bertz CT molecular complexity index is 484. The van der Waals surface area contributed by atoms with Crippen LogP contribution in [0, 0.1) is 11.3 Å². The first kappa shape index (κ1) is 22.4. The van der Waals surface area contributed by atoms with Gasteiger partial charge in [0.05, 0.1) is 12.5 Å². The molecule has 0 aromatic rings. The van der Waals surface area contributed by atoms with Gasteiger partial charge < -0.3 is 15.1 Å². The Hall–Kier alpha value is -1.67. The Morgan fingerprint density at radius 2 is 1.77 bits per heavy atom. The van der Waals surface area contributed by atoms with Gasteiger partial charge in [-0.15, -0.1) is 0 Å². The second-order valence-electron chi connectivity index (χ2n) is 8.33. The number of nitrogens with one attached hydrogen (secondary N) is 1. The number of likely N-dealkylation sites (tertiary alicyclic amines) is 1. The number of amides is 3. The number of hydrogen-bond acceptors (Lipinski definition) is 5. The molecular formula is C18H34N4O4. The number of hydroxylamine groups is 2. The van der Waals surface area contributed by atoms with E-state index in [1.54, 1.807) is 14.1 Å². The number of carbonyl (C=O) groups is 3. The van der Waals surface area contributed by atoms with E-state index in [2.05, 4.69) is 10.2 Å². The summed E-state index contributed by atoms with van der Waals surface area (Å²) in [6, 6.07) is -0.683. The van der Waals surface area contributed by atoms with Crippen molar-refractivity contribution in [1.29, 1.82) is 0 Å². The molecule has 2 N–H and O–H groups in total. The van der Waals surface area contributed by atoms with E-state index < -0.39 is 17.4 Å². The van der Waals surface area contributed by atoms with Gasteiger partial charge in [-0.25, -0.2) is 5.06 Å². The Balaban J connectivity index is 2.89. The largest absolute Gasteiger partial charge is 0.347 e. The molecule has 0 unspecified atom stereocenters. The van der Waals surface area contributed by atoms with Crippen molar-refractivity contribution in [2.45, 2.75) is 46.1 Å². The summed E-state index contributed by atoms with van der Waals surface area (Å²) in [7, 11) is 3.31. The SMILES string of the molecule is CN(C)C(=O)[C@@H](NC(=O)[C@@H](CN(O)C=O)CN1CCCCC1)C(C)(C)C. The zero-order chi connectivity index (χ0) is 19.9. The minimum atomic E-state index is -0.683. The highest BCUT2D eigenvalue weighted by Gasteiger charge is 2.36. The van der Waals surface area contributed by atoms with Gasteiger partial charge in [0.1, 0.15) is 6.04 Å². The summed E-state index contributed by atoms with van der Waals surface area (Å²) in [6.07, 6.45) is 3.63. The van der Waals surface area contributed by atoms with Gasteiger partial charge in [0.25, 0.3) is 0 Å². The Morgan fingerprint density at radius 3 is 2.23 bits per heavy atom. The lowest BCUT2D eigenvalue weighted by atomic mass is 9.85. The molecule has 0 saturated carbocycles. The number of nitrogens with zero attached hydrogens (tertiary/aromatic N) is 3. The van der Waals surface area contributed by atoms with Crippen LogP contribution in [0.25, 0.3) is 0 Å². The lowest BCUT2D eigenvalue weighted by molar-refractivity contribution is -0.156. The Morgan fingerprint density at radius 1 is 1.19 bits per heavy atom. The van der Waals surface area contributed by atoms with Crippen LogP contribution >= 0.6 is 0 Å². The molecule has 0 aromatic carbocycles. The van der Waals surface area contributed by atoms with E-state index in [0.717, 1.165) is 25.9 Å². The standard InChI is InChI=1S/C18H34N4O4/c1-18(2,3)15(17(25)20(4)5)19-16(24)14(12-22(26)13-23)11-21-9-7-6-8-10-21/h13-15,26H,6-12H2,1-5H3,(H,19,24)/t14-,15-/m1/s1. The van der Waals surface area contributed by atoms with Crippen LogP contribution in [0.5, 0.6) is 0 Å². The van der Waals surface area contributed by atoms with Gasteiger partial charge in [0, 0.05) is 20.6 Å². The third-order valence-electron chi connectivity index (χ3n) is 4.67. The summed E-state index contributed by atoms with van der Waals surface area (Å²) >= 11 is 0. The lowest BCUT2D eigenvalue weighted by Gasteiger charge is -2.35. The summed E-state index contributed by atoms with van der Waals surface area (Å²) in [4.78, 5) is 39.8. The van der Waals surface area contributed by atoms with Crippen molar-refractivity contribution >= 4 is 18.2 Å².